The Hall–Kier alpha value is -0.740. The molecule has 0 aliphatic carbocycles. The normalized spacial score (nSPS) is 12.4. The summed E-state index contributed by atoms with van der Waals surface area (Å²) in [6.45, 7) is 0. The molecule has 1 aromatic heterocycles. The molecule has 0 amide bonds. The second-order valence-corrected chi connectivity index (χ2v) is 5.68. The molecule has 0 spiro atoms. The minimum atomic E-state index is -0.211. The first kappa shape index (κ1) is 12.7. The summed E-state index contributed by atoms with van der Waals surface area (Å²) < 4.78 is 14.5. The molecule has 4 heteroatoms. The van der Waals surface area contributed by atoms with Crippen LogP contribution in [0.25, 0.3) is 0 Å². The van der Waals surface area contributed by atoms with E-state index in [4.69, 9.17) is 0 Å². The number of aromatic nitrogens is 1. The molecule has 1 unspecified atom stereocenters. The second-order valence-electron chi connectivity index (χ2n) is 3.66. The van der Waals surface area contributed by atoms with Crippen molar-refractivity contribution >= 4 is 31.9 Å². The summed E-state index contributed by atoms with van der Waals surface area (Å²) in [6, 6.07) is 10.8. The maximum Gasteiger partial charge on any atom is 0.128 e. The van der Waals surface area contributed by atoms with Gasteiger partial charge in [0.2, 0.25) is 0 Å². The highest BCUT2D eigenvalue weighted by atomic mass is 79.9. The van der Waals surface area contributed by atoms with Crippen molar-refractivity contribution in [2.24, 2.45) is 0 Å². The Balaban J connectivity index is 2.17. The van der Waals surface area contributed by atoms with Crippen molar-refractivity contribution in [3.05, 3.63) is 64.1 Å². The van der Waals surface area contributed by atoms with Crippen molar-refractivity contribution in [2.75, 3.05) is 0 Å². The van der Waals surface area contributed by atoms with Gasteiger partial charge in [0.05, 0.1) is 0 Å². The quantitative estimate of drug-likeness (QED) is 0.727. The maximum absolute atomic E-state index is 13.7. The molecule has 88 valence electrons. The van der Waals surface area contributed by atoms with Crippen LogP contribution in [0.15, 0.2) is 47.1 Å². The highest BCUT2D eigenvalue weighted by Crippen LogP contribution is 2.29. The SMILES string of the molecule is Fc1cc(Br)ccc1C(Br)Cc1ccccn1. The molecule has 2 rings (SSSR count). The monoisotopic (exact) mass is 357 g/mol. The van der Waals surface area contributed by atoms with Crippen molar-refractivity contribution in [1.82, 2.24) is 4.98 Å². The molecule has 0 saturated heterocycles. The fourth-order valence-electron chi connectivity index (χ4n) is 1.57. The van der Waals surface area contributed by atoms with Gasteiger partial charge in [0.15, 0.2) is 0 Å². The van der Waals surface area contributed by atoms with Gasteiger partial charge in [0.1, 0.15) is 5.82 Å². The summed E-state index contributed by atoms with van der Waals surface area (Å²) in [5, 5.41) is 0. The van der Waals surface area contributed by atoms with Crippen molar-refractivity contribution < 1.29 is 4.39 Å². The standard InChI is InChI=1S/C13H10Br2FN/c14-9-4-5-11(13(16)7-9)12(15)8-10-3-1-2-6-17-10/h1-7,12H,8H2. The van der Waals surface area contributed by atoms with Crippen LogP contribution in [0, 0.1) is 5.82 Å². The molecule has 1 aromatic carbocycles. The molecule has 1 atom stereocenters. The van der Waals surface area contributed by atoms with Gasteiger partial charge in [-0.25, -0.2) is 4.39 Å². The Morgan fingerprint density at radius 2 is 2.06 bits per heavy atom. The number of alkyl halides is 1. The molecule has 0 radical (unpaired) electrons. The number of hydrogen-bond donors (Lipinski definition) is 0. The zero-order chi connectivity index (χ0) is 12.3. The van der Waals surface area contributed by atoms with Gasteiger partial charge in [-0.2, -0.15) is 0 Å². The molecule has 0 saturated carbocycles. The van der Waals surface area contributed by atoms with Crippen LogP contribution >= 0.6 is 31.9 Å². The van der Waals surface area contributed by atoms with E-state index in [0.717, 1.165) is 10.2 Å². The number of rotatable bonds is 3. The molecular formula is C13H10Br2FN. The molecule has 0 fully saturated rings. The van der Waals surface area contributed by atoms with E-state index in [1.807, 2.05) is 24.3 Å². The van der Waals surface area contributed by atoms with Crippen molar-refractivity contribution in [3.8, 4) is 0 Å². The zero-order valence-corrected chi connectivity index (χ0v) is 12.1. The third-order valence-corrected chi connectivity index (χ3v) is 3.72. The Kier molecular flexibility index (Phi) is 4.29. The summed E-state index contributed by atoms with van der Waals surface area (Å²) in [4.78, 5) is 4.17. The van der Waals surface area contributed by atoms with E-state index in [9.17, 15) is 4.39 Å². The Bertz CT molecular complexity index is 502. The first-order valence-electron chi connectivity index (χ1n) is 5.16. The number of nitrogens with zero attached hydrogens (tertiary/aromatic N) is 1. The van der Waals surface area contributed by atoms with Crippen LogP contribution in [-0.4, -0.2) is 4.98 Å². The number of hydrogen-bond acceptors (Lipinski definition) is 1. The Morgan fingerprint density at radius 3 is 2.71 bits per heavy atom. The first-order valence-corrected chi connectivity index (χ1v) is 6.86. The second kappa shape index (κ2) is 5.74. The van der Waals surface area contributed by atoms with E-state index in [1.54, 1.807) is 12.3 Å². The van der Waals surface area contributed by atoms with Gasteiger partial charge in [-0.1, -0.05) is 44.0 Å². The topological polar surface area (TPSA) is 12.9 Å². The molecule has 0 bridgehead atoms. The molecule has 2 aromatic rings. The van der Waals surface area contributed by atoms with Crippen LogP contribution in [0.1, 0.15) is 16.1 Å². The zero-order valence-electron chi connectivity index (χ0n) is 8.91. The Morgan fingerprint density at radius 1 is 1.24 bits per heavy atom. The fourth-order valence-corrected chi connectivity index (χ4v) is 2.60. The van der Waals surface area contributed by atoms with E-state index >= 15 is 0 Å². The summed E-state index contributed by atoms with van der Waals surface area (Å²) in [5.74, 6) is -0.211. The summed E-state index contributed by atoms with van der Waals surface area (Å²) in [7, 11) is 0. The molecular weight excluding hydrogens is 349 g/mol. The molecule has 0 N–H and O–H groups in total. The summed E-state index contributed by atoms with van der Waals surface area (Å²) in [6.07, 6.45) is 2.41. The van der Waals surface area contributed by atoms with Gasteiger partial charge in [0, 0.05) is 33.2 Å². The maximum atomic E-state index is 13.7. The lowest BCUT2D eigenvalue weighted by atomic mass is 10.1. The van der Waals surface area contributed by atoms with Crippen LogP contribution in [0.5, 0.6) is 0 Å². The lowest BCUT2D eigenvalue weighted by Crippen LogP contribution is -2.00. The molecule has 0 aliphatic rings. The largest absolute Gasteiger partial charge is 0.261 e. The van der Waals surface area contributed by atoms with Crippen molar-refractivity contribution in [3.63, 3.8) is 0 Å². The predicted molar refractivity (Wildman–Crippen MR) is 73.7 cm³/mol. The first-order chi connectivity index (χ1) is 8.16. The average molecular weight is 359 g/mol. The van der Waals surface area contributed by atoms with Gasteiger partial charge in [-0.3, -0.25) is 4.98 Å². The van der Waals surface area contributed by atoms with Gasteiger partial charge >= 0.3 is 0 Å². The van der Waals surface area contributed by atoms with Crippen LogP contribution < -0.4 is 0 Å². The van der Waals surface area contributed by atoms with Crippen molar-refractivity contribution in [2.45, 2.75) is 11.2 Å². The minimum Gasteiger partial charge on any atom is -0.261 e. The van der Waals surface area contributed by atoms with Crippen LogP contribution in [-0.2, 0) is 6.42 Å². The van der Waals surface area contributed by atoms with E-state index in [2.05, 4.69) is 36.8 Å². The van der Waals surface area contributed by atoms with Crippen LogP contribution in [0.3, 0.4) is 0 Å². The third-order valence-electron chi connectivity index (χ3n) is 2.41. The van der Waals surface area contributed by atoms with E-state index in [-0.39, 0.29) is 10.6 Å². The highest BCUT2D eigenvalue weighted by Gasteiger charge is 2.13. The van der Waals surface area contributed by atoms with Crippen molar-refractivity contribution in [1.29, 1.82) is 0 Å². The summed E-state index contributed by atoms with van der Waals surface area (Å²) >= 11 is 6.75. The Labute approximate surface area is 116 Å². The van der Waals surface area contributed by atoms with E-state index < -0.39 is 0 Å². The van der Waals surface area contributed by atoms with Gasteiger partial charge in [-0.05, 0) is 24.3 Å². The van der Waals surface area contributed by atoms with Crippen LogP contribution in [0.4, 0.5) is 4.39 Å². The summed E-state index contributed by atoms with van der Waals surface area (Å²) in [5.41, 5.74) is 1.59. The third kappa shape index (κ3) is 3.36. The van der Waals surface area contributed by atoms with Gasteiger partial charge in [-0.15, -0.1) is 0 Å². The smallest absolute Gasteiger partial charge is 0.128 e. The van der Waals surface area contributed by atoms with Gasteiger partial charge in [0.25, 0.3) is 0 Å². The lowest BCUT2D eigenvalue weighted by Gasteiger charge is -2.11. The number of benzene rings is 1. The van der Waals surface area contributed by atoms with E-state index in [0.29, 0.717) is 12.0 Å². The molecule has 17 heavy (non-hydrogen) atoms. The minimum absolute atomic E-state index is 0.0644. The number of pyridine rings is 1. The van der Waals surface area contributed by atoms with E-state index in [1.165, 1.54) is 6.07 Å². The molecule has 0 aliphatic heterocycles. The predicted octanol–water partition coefficient (Wildman–Crippen LogP) is 4.66. The number of halogens is 3. The lowest BCUT2D eigenvalue weighted by molar-refractivity contribution is 0.606. The fraction of sp³-hybridized carbons (Fsp3) is 0.154. The van der Waals surface area contributed by atoms with Crippen LogP contribution in [0.2, 0.25) is 0 Å². The molecule has 1 nitrogen and oxygen atoms in total. The average Bonchev–Trinajstić information content (AvgIpc) is 2.30. The van der Waals surface area contributed by atoms with Gasteiger partial charge < -0.3 is 0 Å². The highest BCUT2D eigenvalue weighted by molar-refractivity contribution is 9.10. The molecule has 1 heterocycles.